The van der Waals surface area contributed by atoms with Gasteiger partial charge in [-0.2, -0.15) is 0 Å². The predicted molar refractivity (Wildman–Crippen MR) is 131 cm³/mol. The van der Waals surface area contributed by atoms with Crippen LogP contribution in [-0.4, -0.2) is 11.8 Å². The fourth-order valence-corrected chi connectivity index (χ4v) is 3.82. The Hall–Kier alpha value is -1.91. The maximum absolute atomic E-state index is 12.8. The molecule has 0 aromatic heterocycles. The van der Waals surface area contributed by atoms with Crippen molar-refractivity contribution >= 4 is 23.2 Å². The molecule has 32 heavy (non-hydrogen) atoms. The maximum Gasteiger partial charge on any atom is 0.230 e. The first-order valence-electron chi connectivity index (χ1n) is 11.3. The van der Waals surface area contributed by atoms with E-state index in [0.29, 0.717) is 0 Å². The first-order valence-corrected chi connectivity index (χ1v) is 11.3. The van der Waals surface area contributed by atoms with Crippen LogP contribution in [0.5, 0.6) is 0 Å². The van der Waals surface area contributed by atoms with Gasteiger partial charge in [0, 0.05) is 27.4 Å². The van der Waals surface area contributed by atoms with Crippen molar-refractivity contribution in [3.05, 3.63) is 64.0 Å². The molecule has 0 saturated carbocycles. The molecule has 0 spiro atoms. The van der Waals surface area contributed by atoms with E-state index in [1.165, 1.54) is 0 Å². The van der Waals surface area contributed by atoms with E-state index in [1.807, 2.05) is 36.4 Å². The third kappa shape index (κ3) is 7.05. The molecule has 0 unspecified atom stereocenters. The Morgan fingerprint density at radius 1 is 0.719 bits per heavy atom. The van der Waals surface area contributed by atoms with Gasteiger partial charge >= 0.3 is 0 Å². The summed E-state index contributed by atoms with van der Waals surface area (Å²) in [7, 11) is 0. The van der Waals surface area contributed by atoms with Crippen molar-refractivity contribution in [3.8, 4) is 0 Å². The van der Waals surface area contributed by atoms with E-state index >= 15 is 0 Å². The first kappa shape index (κ1) is 28.1. The summed E-state index contributed by atoms with van der Waals surface area (Å²) >= 11 is 0. The topological polar surface area (TPSA) is 60.3 Å². The Balaban J connectivity index is 0.00000512. The monoisotopic (exact) mass is 469 g/mol. The minimum atomic E-state index is -0.416. The largest absolute Gasteiger partial charge is 0.626 e. The molecule has 0 aliphatic heterocycles. The number of rotatable bonds is 8. The Morgan fingerprint density at radius 2 is 1.09 bits per heavy atom. The molecule has 172 valence electrons. The van der Waals surface area contributed by atoms with E-state index < -0.39 is 5.91 Å². The zero-order valence-electron chi connectivity index (χ0n) is 20.7. The summed E-state index contributed by atoms with van der Waals surface area (Å²) in [6.45, 7) is 16.8. The number of nitrogens with one attached hydrogen (secondary N) is 1. The van der Waals surface area contributed by atoms with E-state index in [4.69, 9.17) is 0 Å². The van der Waals surface area contributed by atoms with Crippen LogP contribution in [-0.2, 0) is 31.3 Å². The Labute approximate surface area is 208 Å². The summed E-state index contributed by atoms with van der Waals surface area (Å²) in [4.78, 5) is 25.6. The molecule has 0 heterocycles. The van der Waals surface area contributed by atoms with E-state index in [0.717, 1.165) is 33.6 Å². The SMILES string of the molecule is CC(C)c1cccc(C(C)C)c1[N-]C(=O)CC(=O)Nc1c(C(C)C)cccc1C(C)C.[Ti]. The maximum atomic E-state index is 12.8. The number of hydrogen-bond acceptors (Lipinski definition) is 2. The quantitative estimate of drug-likeness (QED) is 0.318. The molecule has 2 amide bonds. The van der Waals surface area contributed by atoms with Crippen molar-refractivity contribution in [3.63, 3.8) is 0 Å². The molecular weight excluding hydrogens is 432 g/mol. The molecule has 4 nitrogen and oxygen atoms in total. The molecule has 0 atom stereocenters. The summed E-state index contributed by atoms with van der Waals surface area (Å²) in [5.41, 5.74) is 5.78. The number of benzene rings is 2. The summed E-state index contributed by atoms with van der Waals surface area (Å²) in [5.74, 6) is 0.274. The number of carbonyl (C=O) groups is 2. The van der Waals surface area contributed by atoms with Gasteiger partial charge < -0.3 is 15.4 Å². The van der Waals surface area contributed by atoms with Crippen molar-refractivity contribution in [2.45, 2.75) is 85.5 Å². The fraction of sp³-hybridized carbons (Fsp3) is 0.481. The van der Waals surface area contributed by atoms with Gasteiger partial charge in [0.05, 0.1) is 12.3 Å². The van der Waals surface area contributed by atoms with Gasteiger partial charge in [-0.25, -0.2) is 0 Å². The van der Waals surface area contributed by atoms with Crippen LogP contribution < -0.4 is 5.32 Å². The van der Waals surface area contributed by atoms with E-state index in [2.05, 4.69) is 66.0 Å². The summed E-state index contributed by atoms with van der Waals surface area (Å²) in [5, 5.41) is 7.41. The molecule has 1 N–H and O–H groups in total. The molecule has 0 fully saturated rings. The number of hydrogen-bond donors (Lipinski definition) is 1. The third-order valence-electron chi connectivity index (χ3n) is 5.53. The predicted octanol–water partition coefficient (Wildman–Crippen LogP) is 7.74. The normalized spacial score (nSPS) is 11.1. The van der Waals surface area contributed by atoms with Crippen LogP contribution in [0.3, 0.4) is 0 Å². The van der Waals surface area contributed by atoms with Crippen molar-refractivity contribution in [2.24, 2.45) is 0 Å². The van der Waals surface area contributed by atoms with Crippen LogP contribution in [0, 0.1) is 0 Å². The van der Waals surface area contributed by atoms with Gasteiger partial charge in [-0.3, -0.25) is 4.79 Å². The smallest absolute Gasteiger partial charge is 0.230 e. The Morgan fingerprint density at radius 3 is 1.47 bits per heavy atom. The van der Waals surface area contributed by atoms with E-state index in [-0.39, 0.29) is 57.7 Å². The van der Waals surface area contributed by atoms with Gasteiger partial charge in [0.15, 0.2) is 0 Å². The molecule has 0 aliphatic carbocycles. The second-order valence-corrected chi connectivity index (χ2v) is 9.45. The third-order valence-corrected chi connectivity index (χ3v) is 5.53. The van der Waals surface area contributed by atoms with Gasteiger partial charge in [0.1, 0.15) is 0 Å². The number of nitrogens with zero attached hydrogens (tertiary/aromatic N) is 1. The Kier molecular flexibility index (Phi) is 10.9. The minimum absolute atomic E-state index is 0. The average Bonchev–Trinajstić information content (AvgIpc) is 2.67. The number of para-hydroxylation sites is 2. The molecule has 0 bridgehead atoms. The van der Waals surface area contributed by atoms with Crippen molar-refractivity contribution in [1.82, 2.24) is 0 Å². The van der Waals surface area contributed by atoms with Crippen LogP contribution in [0.1, 0.15) is 108 Å². The molecular formula is C27H37N2O2Ti-. The second kappa shape index (κ2) is 12.4. The molecule has 2 rings (SSSR count). The second-order valence-electron chi connectivity index (χ2n) is 9.45. The van der Waals surface area contributed by atoms with Crippen molar-refractivity contribution in [2.75, 3.05) is 5.32 Å². The van der Waals surface area contributed by atoms with Crippen LogP contribution in [0.25, 0.3) is 5.32 Å². The number of carbonyl (C=O) groups excluding carboxylic acids is 2. The van der Waals surface area contributed by atoms with Gasteiger partial charge in [-0.05, 0) is 34.8 Å². The van der Waals surface area contributed by atoms with Crippen molar-refractivity contribution in [1.29, 1.82) is 0 Å². The van der Waals surface area contributed by atoms with Gasteiger partial charge in [-0.1, -0.05) is 103 Å². The van der Waals surface area contributed by atoms with Gasteiger partial charge in [-0.15, -0.1) is 5.69 Å². The molecule has 5 heteroatoms. The Bertz CT molecular complexity index is 805. The fourth-order valence-electron chi connectivity index (χ4n) is 3.82. The molecule has 0 radical (unpaired) electrons. The molecule has 0 aliphatic rings. The van der Waals surface area contributed by atoms with Crippen LogP contribution >= 0.6 is 0 Å². The standard InChI is InChI=1S/C27H38N2O2.Ti/c1-16(2)20-11-9-12-21(17(3)4)26(20)28-24(30)15-25(31)29-27-22(18(5)6)13-10-14-23(27)19(7)8;/h9-14,16-19H,15H2,1-8H3,(H2,28,29,30,31);/p-1. The van der Waals surface area contributed by atoms with Crippen LogP contribution in [0.2, 0.25) is 0 Å². The molecule has 0 saturated heterocycles. The summed E-state index contributed by atoms with van der Waals surface area (Å²) < 4.78 is 0. The molecule has 2 aromatic carbocycles. The van der Waals surface area contributed by atoms with Crippen LogP contribution in [0.15, 0.2) is 36.4 Å². The molecule has 2 aromatic rings. The number of amides is 2. The summed E-state index contributed by atoms with van der Waals surface area (Å²) in [6, 6.07) is 12.1. The van der Waals surface area contributed by atoms with Gasteiger partial charge in [0.25, 0.3) is 0 Å². The number of anilines is 1. The minimum Gasteiger partial charge on any atom is -0.626 e. The first-order chi connectivity index (χ1) is 14.5. The van der Waals surface area contributed by atoms with E-state index in [1.54, 1.807) is 0 Å². The zero-order valence-corrected chi connectivity index (χ0v) is 22.3. The zero-order chi connectivity index (χ0) is 23.3. The van der Waals surface area contributed by atoms with Crippen LogP contribution in [0.4, 0.5) is 11.4 Å². The average molecular weight is 469 g/mol. The summed E-state index contributed by atoms with van der Waals surface area (Å²) in [6.07, 6.45) is -0.270. The van der Waals surface area contributed by atoms with Crippen molar-refractivity contribution < 1.29 is 31.3 Å². The van der Waals surface area contributed by atoms with E-state index in [9.17, 15) is 9.59 Å². The van der Waals surface area contributed by atoms with Gasteiger partial charge in [0.2, 0.25) is 5.91 Å².